The first-order chi connectivity index (χ1) is 8.80. The van der Waals surface area contributed by atoms with Crippen molar-refractivity contribution in [2.24, 2.45) is 0 Å². The van der Waals surface area contributed by atoms with Crippen LogP contribution in [0.25, 0.3) is 0 Å². The van der Waals surface area contributed by atoms with Crippen LogP contribution in [0.1, 0.15) is 26.3 Å². The van der Waals surface area contributed by atoms with E-state index >= 15 is 0 Å². The van der Waals surface area contributed by atoms with Gasteiger partial charge >= 0.3 is 0 Å². The Morgan fingerprint density at radius 3 is 2.53 bits per heavy atom. The maximum Gasteiger partial charge on any atom is 0.243 e. The minimum atomic E-state index is -3.56. The second-order valence-electron chi connectivity index (χ2n) is 4.65. The van der Waals surface area contributed by atoms with Crippen LogP contribution in [0, 0.1) is 5.82 Å². The molecule has 0 aliphatic rings. The van der Waals surface area contributed by atoms with Crippen molar-refractivity contribution in [3.05, 3.63) is 29.6 Å². The molecule has 0 amide bonds. The summed E-state index contributed by atoms with van der Waals surface area (Å²) in [5.41, 5.74) is 0.361. The lowest BCUT2D eigenvalue weighted by molar-refractivity contribution is 0.410. The molecule has 19 heavy (non-hydrogen) atoms. The topological polar surface area (TPSA) is 49.4 Å². The predicted octanol–water partition coefficient (Wildman–Crippen LogP) is 1.96. The van der Waals surface area contributed by atoms with Crippen molar-refractivity contribution in [1.82, 2.24) is 9.62 Å². The maximum atomic E-state index is 13.6. The van der Waals surface area contributed by atoms with E-state index in [1.54, 1.807) is 13.8 Å². The van der Waals surface area contributed by atoms with E-state index in [2.05, 4.69) is 5.32 Å². The average Bonchev–Trinajstić information content (AvgIpc) is 2.36. The maximum absolute atomic E-state index is 13.6. The molecular formula is C13H21FN2O2S. The molecule has 0 saturated heterocycles. The lowest BCUT2D eigenvalue weighted by Gasteiger charge is -2.21. The van der Waals surface area contributed by atoms with Crippen molar-refractivity contribution >= 4 is 10.0 Å². The van der Waals surface area contributed by atoms with Gasteiger partial charge in [-0.1, -0.05) is 6.92 Å². The van der Waals surface area contributed by atoms with Crippen molar-refractivity contribution in [2.75, 3.05) is 13.6 Å². The number of sulfonamides is 1. The van der Waals surface area contributed by atoms with Crippen LogP contribution in [0.4, 0.5) is 4.39 Å². The predicted molar refractivity (Wildman–Crippen MR) is 73.9 cm³/mol. The molecule has 0 heterocycles. The van der Waals surface area contributed by atoms with Gasteiger partial charge in [-0.25, -0.2) is 12.8 Å². The first-order valence-electron chi connectivity index (χ1n) is 6.27. The summed E-state index contributed by atoms with van der Waals surface area (Å²) in [6.45, 7) is 6.51. The summed E-state index contributed by atoms with van der Waals surface area (Å²) in [6.07, 6.45) is 0. The van der Waals surface area contributed by atoms with E-state index in [0.717, 1.165) is 0 Å². The van der Waals surface area contributed by atoms with E-state index in [1.165, 1.54) is 29.6 Å². The van der Waals surface area contributed by atoms with Crippen LogP contribution in [0.15, 0.2) is 23.1 Å². The second kappa shape index (κ2) is 6.45. The Balaban J connectivity index is 3.14. The zero-order chi connectivity index (χ0) is 14.6. The SMILES string of the molecule is CCNCc1cc(S(=O)(=O)N(C)C(C)C)ccc1F. The van der Waals surface area contributed by atoms with Crippen molar-refractivity contribution in [3.8, 4) is 0 Å². The molecule has 1 aromatic rings. The fraction of sp³-hybridized carbons (Fsp3) is 0.538. The Kier molecular flexibility index (Phi) is 5.46. The highest BCUT2D eigenvalue weighted by Crippen LogP contribution is 2.19. The third-order valence-corrected chi connectivity index (χ3v) is 5.02. The summed E-state index contributed by atoms with van der Waals surface area (Å²) < 4.78 is 39.5. The highest BCUT2D eigenvalue weighted by molar-refractivity contribution is 7.89. The Labute approximate surface area is 114 Å². The van der Waals surface area contributed by atoms with E-state index in [-0.39, 0.29) is 10.9 Å². The first kappa shape index (κ1) is 16.1. The van der Waals surface area contributed by atoms with Gasteiger partial charge in [-0.15, -0.1) is 0 Å². The van der Waals surface area contributed by atoms with Crippen LogP contribution in [0.3, 0.4) is 0 Å². The lowest BCUT2D eigenvalue weighted by atomic mass is 10.2. The average molecular weight is 288 g/mol. The normalized spacial score (nSPS) is 12.4. The second-order valence-corrected chi connectivity index (χ2v) is 6.65. The van der Waals surface area contributed by atoms with Gasteiger partial charge in [-0.3, -0.25) is 0 Å². The highest BCUT2D eigenvalue weighted by Gasteiger charge is 2.23. The monoisotopic (exact) mass is 288 g/mol. The summed E-state index contributed by atoms with van der Waals surface area (Å²) >= 11 is 0. The Morgan fingerprint density at radius 1 is 1.37 bits per heavy atom. The third-order valence-electron chi connectivity index (χ3n) is 2.99. The van der Waals surface area contributed by atoms with Gasteiger partial charge in [0.2, 0.25) is 10.0 Å². The number of rotatable bonds is 6. The van der Waals surface area contributed by atoms with Crippen molar-refractivity contribution in [1.29, 1.82) is 0 Å². The zero-order valence-corrected chi connectivity index (χ0v) is 12.6. The minimum Gasteiger partial charge on any atom is -0.313 e. The van der Waals surface area contributed by atoms with Gasteiger partial charge in [0.05, 0.1) is 4.90 Å². The van der Waals surface area contributed by atoms with E-state index in [9.17, 15) is 12.8 Å². The van der Waals surface area contributed by atoms with Crippen LogP contribution in [-0.2, 0) is 16.6 Å². The van der Waals surface area contributed by atoms with Gasteiger partial charge in [0.1, 0.15) is 5.82 Å². The number of nitrogens with one attached hydrogen (secondary N) is 1. The highest BCUT2D eigenvalue weighted by atomic mass is 32.2. The molecule has 0 aliphatic carbocycles. The van der Waals surface area contributed by atoms with E-state index in [0.29, 0.717) is 18.7 Å². The molecule has 0 radical (unpaired) electrons. The molecule has 4 nitrogen and oxygen atoms in total. The zero-order valence-electron chi connectivity index (χ0n) is 11.8. The molecule has 0 fully saturated rings. The number of hydrogen-bond acceptors (Lipinski definition) is 3. The molecule has 0 spiro atoms. The minimum absolute atomic E-state index is 0.123. The fourth-order valence-electron chi connectivity index (χ4n) is 1.55. The molecule has 0 unspecified atom stereocenters. The Hall–Kier alpha value is -0.980. The molecule has 0 saturated carbocycles. The lowest BCUT2D eigenvalue weighted by Crippen LogP contribution is -2.33. The van der Waals surface area contributed by atoms with Gasteiger partial charge in [0, 0.05) is 25.2 Å². The van der Waals surface area contributed by atoms with Crippen molar-refractivity contribution in [2.45, 2.75) is 38.3 Å². The summed E-state index contributed by atoms with van der Waals surface area (Å²) in [7, 11) is -2.04. The van der Waals surface area contributed by atoms with Gasteiger partial charge in [-0.2, -0.15) is 4.31 Å². The Morgan fingerprint density at radius 2 is 2.00 bits per heavy atom. The van der Waals surface area contributed by atoms with Gasteiger partial charge in [0.15, 0.2) is 0 Å². The summed E-state index contributed by atoms with van der Waals surface area (Å²) in [6, 6.07) is 3.76. The van der Waals surface area contributed by atoms with Crippen LogP contribution in [0.5, 0.6) is 0 Å². The van der Waals surface area contributed by atoms with Crippen LogP contribution in [-0.4, -0.2) is 32.4 Å². The summed E-state index contributed by atoms with van der Waals surface area (Å²) in [5.74, 6) is -0.396. The van der Waals surface area contributed by atoms with Gasteiger partial charge < -0.3 is 5.32 Å². The third kappa shape index (κ3) is 3.75. The molecule has 0 aliphatic heterocycles. The number of nitrogens with zero attached hydrogens (tertiary/aromatic N) is 1. The van der Waals surface area contributed by atoms with Crippen molar-refractivity contribution < 1.29 is 12.8 Å². The molecule has 0 aromatic heterocycles. The molecular weight excluding hydrogens is 267 g/mol. The van der Waals surface area contributed by atoms with Crippen LogP contribution in [0.2, 0.25) is 0 Å². The Bertz CT molecular complexity index is 529. The molecule has 1 aromatic carbocycles. The summed E-state index contributed by atoms with van der Waals surface area (Å²) in [5, 5.41) is 2.99. The number of hydrogen-bond donors (Lipinski definition) is 1. The molecule has 0 atom stereocenters. The standard InChI is InChI=1S/C13H21FN2O2S/c1-5-15-9-11-8-12(6-7-13(11)14)19(17,18)16(4)10(2)3/h6-8,10,15H,5,9H2,1-4H3. The smallest absolute Gasteiger partial charge is 0.243 e. The van der Waals surface area contributed by atoms with E-state index < -0.39 is 15.8 Å². The van der Waals surface area contributed by atoms with Gasteiger partial charge in [-0.05, 0) is 38.6 Å². The molecule has 0 bridgehead atoms. The largest absolute Gasteiger partial charge is 0.313 e. The fourth-order valence-corrected chi connectivity index (χ4v) is 2.97. The van der Waals surface area contributed by atoms with Crippen LogP contribution < -0.4 is 5.32 Å². The van der Waals surface area contributed by atoms with Crippen molar-refractivity contribution in [3.63, 3.8) is 0 Å². The van der Waals surface area contributed by atoms with E-state index in [1.807, 2.05) is 6.92 Å². The molecule has 108 valence electrons. The quantitative estimate of drug-likeness (QED) is 0.870. The summed E-state index contributed by atoms with van der Waals surface area (Å²) in [4.78, 5) is 0.123. The molecule has 1 rings (SSSR count). The molecule has 1 N–H and O–H groups in total. The van der Waals surface area contributed by atoms with E-state index in [4.69, 9.17) is 0 Å². The van der Waals surface area contributed by atoms with Crippen LogP contribution >= 0.6 is 0 Å². The first-order valence-corrected chi connectivity index (χ1v) is 7.71. The number of benzene rings is 1. The number of halogens is 1. The van der Waals surface area contributed by atoms with Gasteiger partial charge in [0.25, 0.3) is 0 Å². The molecule has 6 heteroatoms.